The molecule has 2 N–H and O–H groups in total. The van der Waals surface area contributed by atoms with Crippen LogP contribution in [-0.4, -0.2) is 42.4 Å². The summed E-state index contributed by atoms with van der Waals surface area (Å²) in [5, 5.41) is 5.80. The Labute approximate surface area is 125 Å². The molecule has 0 spiro atoms. The lowest BCUT2D eigenvalue weighted by Gasteiger charge is -2.23. The number of aryl methyl sites for hydroxylation is 1. The predicted molar refractivity (Wildman–Crippen MR) is 83.1 cm³/mol. The molecule has 1 fully saturated rings. The quantitative estimate of drug-likeness (QED) is 0.835. The number of benzene rings is 1. The lowest BCUT2D eigenvalue weighted by atomic mass is 10.2. The number of anilines is 1. The molecule has 0 radical (unpaired) electrons. The van der Waals surface area contributed by atoms with Crippen LogP contribution < -0.4 is 10.6 Å². The SMILES string of the molecule is Cc1cccc(NC(=O)[C@@H](C)N(C)CC(=O)NC2CC2)c1. The maximum atomic E-state index is 12.2. The molecule has 1 aliphatic carbocycles. The Kier molecular flexibility index (Phi) is 4.96. The van der Waals surface area contributed by atoms with Gasteiger partial charge in [-0.1, -0.05) is 12.1 Å². The fourth-order valence-electron chi connectivity index (χ4n) is 2.03. The van der Waals surface area contributed by atoms with Crippen molar-refractivity contribution in [2.24, 2.45) is 0 Å². The first-order valence-corrected chi connectivity index (χ1v) is 7.33. The van der Waals surface area contributed by atoms with E-state index in [4.69, 9.17) is 0 Å². The Bertz CT molecular complexity index is 526. The average molecular weight is 289 g/mol. The van der Waals surface area contributed by atoms with Gasteiger partial charge in [0.15, 0.2) is 0 Å². The first-order valence-electron chi connectivity index (χ1n) is 7.33. The Balaban J connectivity index is 1.84. The minimum atomic E-state index is -0.365. The van der Waals surface area contributed by atoms with Crippen molar-refractivity contribution in [1.82, 2.24) is 10.2 Å². The van der Waals surface area contributed by atoms with Gasteiger partial charge < -0.3 is 10.6 Å². The summed E-state index contributed by atoms with van der Waals surface area (Å²) in [5.74, 6) is -0.127. The van der Waals surface area contributed by atoms with Crippen molar-refractivity contribution in [3.8, 4) is 0 Å². The molecule has 1 aromatic carbocycles. The van der Waals surface area contributed by atoms with E-state index >= 15 is 0 Å². The van der Waals surface area contributed by atoms with Gasteiger partial charge in [-0.3, -0.25) is 14.5 Å². The number of nitrogens with zero attached hydrogens (tertiary/aromatic N) is 1. The lowest BCUT2D eigenvalue weighted by Crippen LogP contribution is -2.45. The third-order valence-electron chi connectivity index (χ3n) is 3.66. The number of hydrogen-bond acceptors (Lipinski definition) is 3. The van der Waals surface area contributed by atoms with E-state index in [1.807, 2.05) is 31.2 Å². The van der Waals surface area contributed by atoms with Crippen LogP contribution in [0.1, 0.15) is 25.3 Å². The van der Waals surface area contributed by atoms with E-state index in [-0.39, 0.29) is 24.4 Å². The second kappa shape index (κ2) is 6.72. The molecule has 0 unspecified atom stereocenters. The van der Waals surface area contributed by atoms with E-state index in [2.05, 4.69) is 10.6 Å². The average Bonchev–Trinajstić information content (AvgIpc) is 3.21. The number of nitrogens with one attached hydrogen (secondary N) is 2. The first kappa shape index (κ1) is 15.5. The van der Waals surface area contributed by atoms with Crippen molar-refractivity contribution in [2.45, 2.75) is 38.8 Å². The fraction of sp³-hybridized carbons (Fsp3) is 0.500. The molecular formula is C16H23N3O2. The summed E-state index contributed by atoms with van der Waals surface area (Å²) in [4.78, 5) is 25.7. The van der Waals surface area contributed by atoms with Crippen LogP contribution in [0.5, 0.6) is 0 Å². The Morgan fingerprint density at radius 1 is 1.38 bits per heavy atom. The Morgan fingerprint density at radius 2 is 2.10 bits per heavy atom. The van der Waals surface area contributed by atoms with Gasteiger partial charge in [-0.05, 0) is 51.4 Å². The second-order valence-corrected chi connectivity index (χ2v) is 5.79. The molecule has 1 atom stereocenters. The molecule has 1 aliphatic rings. The summed E-state index contributed by atoms with van der Waals surface area (Å²) in [5.41, 5.74) is 1.88. The summed E-state index contributed by atoms with van der Waals surface area (Å²) in [7, 11) is 1.78. The largest absolute Gasteiger partial charge is 0.352 e. The van der Waals surface area contributed by atoms with Gasteiger partial charge >= 0.3 is 0 Å². The molecule has 114 valence electrons. The highest BCUT2D eigenvalue weighted by Gasteiger charge is 2.25. The van der Waals surface area contributed by atoms with Crippen LogP contribution in [0.3, 0.4) is 0 Å². The van der Waals surface area contributed by atoms with Crippen LogP contribution in [0.15, 0.2) is 24.3 Å². The molecule has 5 heteroatoms. The number of likely N-dealkylation sites (N-methyl/N-ethyl adjacent to an activating group) is 1. The van der Waals surface area contributed by atoms with Gasteiger partial charge in [0.05, 0.1) is 12.6 Å². The van der Waals surface area contributed by atoms with Gasteiger partial charge in [0.1, 0.15) is 0 Å². The summed E-state index contributed by atoms with van der Waals surface area (Å²) >= 11 is 0. The van der Waals surface area contributed by atoms with Gasteiger partial charge in [0.2, 0.25) is 11.8 Å². The highest BCUT2D eigenvalue weighted by atomic mass is 16.2. The van der Waals surface area contributed by atoms with Gasteiger partial charge in [-0.2, -0.15) is 0 Å². The van der Waals surface area contributed by atoms with Gasteiger partial charge in [-0.15, -0.1) is 0 Å². The van der Waals surface area contributed by atoms with Crippen molar-refractivity contribution < 1.29 is 9.59 Å². The first-order chi connectivity index (χ1) is 9.95. The van der Waals surface area contributed by atoms with Gasteiger partial charge in [0.25, 0.3) is 0 Å². The van der Waals surface area contributed by atoms with E-state index in [1.54, 1.807) is 18.9 Å². The van der Waals surface area contributed by atoms with E-state index < -0.39 is 0 Å². The third kappa shape index (κ3) is 4.86. The van der Waals surface area contributed by atoms with Gasteiger partial charge in [-0.25, -0.2) is 0 Å². The lowest BCUT2D eigenvalue weighted by molar-refractivity contribution is -0.124. The summed E-state index contributed by atoms with van der Waals surface area (Å²) in [6, 6.07) is 7.65. The van der Waals surface area contributed by atoms with E-state index in [0.29, 0.717) is 6.04 Å². The van der Waals surface area contributed by atoms with Crippen LogP contribution >= 0.6 is 0 Å². The predicted octanol–water partition coefficient (Wildman–Crippen LogP) is 1.53. The molecule has 0 aliphatic heterocycles. The smallest absolute Gasteiger partial charge is 0.241 e. The number of carbonyl (C=O) groups excluding carboxylic acids is 2. The zero-order chi connectivity index (χ0) is 15.4. The minimum Gasteiger partial charge on any atom is -0.352 e. The number of amides is 2. The van der Waals surface area contributed by atoms with Crippen molar-refractivity contribution in [3.05, 3.63) is 29.8 Å². The van der Waals surface area contributed by atoms with Crippen LogP contribution in [-0.2, 0) is 9.59 Å². The highest BCUT2D eigenvalue weighted by Crippen LogP contribution is 2.18. The Hall–Kier alpha value is -1.88. The zero-order valence-corrected chi connectivity index (χ0v) is 12.8. The van der Waals surface area contributed by atoms with Crippen LogP contribution in [0.2, 0.25) is 0 Å². The third-order valence-corrected chi connectivity index (χ3v) is 3.66. The molecule has 0 bridgehead atoms. The molecular weight excluding hydrogens is 266 g/mol. The van der Waals surface area contributed by atoms with Crippen molar-refractivity contribution in [2.75, 3.05) is 18.9 Å². The maximum Gasteiger partial charge on any atom is 0.241 e. The molecule has 5 nitrogen and oxygen atoms in total. The highest BCUT2D eigenvalue weighted by molar-refractivity contribution is 5.95. The minimum absolute atomic E-state index is 0.0183. The van der Waals surface area contributed by atoms with Crippen molar-refractivity contribution in [1.29, 1.82) is 0 Å². The number of carbonyl (C=O) groups is 2. The summed E-state index contributed by atoms with van der Waals surface area (Å²) in [6.07, 6.45) is 2.14. The maximum absolute atomic E-state index is 12.2. The van der Waals surface area contributed by atoms with E-state index in [1.165, 1.54) is 0 Å². The van der Waals surface area contributed by atoms with Crippen LogP contribution in [0.25, 0.3) is 0 Å². The molecule has 0 saturated heterocycles. The van der Waals surface area contributed by atoms with Crippen molar-refractivity contribution >= 4 is 17.5 Å². The zero-order valence-electron chi connectivity index (χ0n) is 12.8. The molecule has 0 heterocycles. The van der Waals surface area contributed by atoms with E-state index in [9.17, 15) is 9.59 Å². The monoisotopic (exact) mass is 289 g/mol. The van der Waals surface area contributed by atoms with Crippen LogP contribution in [0, 0.1) is 6.92 Å². The van der Waals surface area contributed by atoms with Crippen LogP contribution in [0.4, 0.5) is 5.69 Å². The fourth-order valence-corrected chi connectivity index (χ4v) is 2.03. The standard InChI is InChI=1S/C16H23N3O2/c1-11-5-4-6-14(9-11)18-16(21)12(2)19(3)10-15(20)17-13-7-8-13/h4-6,9,12-13H,7-8,10H2,1-3H3,(H,17,20)(H,18,21)/t12-/m1/s1. The van der Waals surface area contributed by atoms with E-state index in [0.717, 1.165) is 24.1 Å². The molecule has 1 aromatic rings. The van der Waals surface area contributed by atoms with Crippen molar-refractivity contribution in [3.63, 3.8) is 0 Å². The number of rotatable bonds is 6. The molecule has 2 amide bonds. The van der Waals surface area contributed by atoms with Gasteiger partial charge in [0, 0.05) is 11.7 Å². The topological polar surface area (TPSA) is 61.4 Å². The summed E-state index contributed by atoms with van der Waals surface area (Å²) < 4.78 is 0. The second-order valence-electron chi connectivity index (χ2n) is 5.79. The number of hydrogen-bond donors (Lipinski definition) is 2. The normalized spacial score (nSPS) is 15.6. The molecule has 1 saturated carbocycles. The Morgan fingerprint density at radius 3 is 2.71 bits per heavy atom. The summed E-state index contributed by atoms with van der Waals surface area (Å²) in [6.45, 7) is 4.02. The molecule has 2 rings (SSSR count). The molecule has 21 heavy (non-hydrogen) atoms. The molecule has 0 aromatic heterocycles.